The minimum Gasteiger partial charge on any atom is -0.508 e. The van der Waals surface area contributed by atoms with E-state index in [9.17, 15) is 9.90 Å². The SMILES string of the molecule is CCn1c(-c2ccc(O)cc2Cl)[c-]cc(I)c1=O.[Y]. The first-order chi connectivity index (χ1) is 8.54. The van der Waals surface area contributed by atoms with Gasteiger partial charge in [-0.15, -0.1) is 28.7 Å². The molecular weight excluding hydrogens is 453 g/mol. The third-order valence-corrected chi connectivity index (χ3v) is 3.66. The molecule has 0 unspecified atom stereocenters. The average molecular weight is 463 g/mol. The number of phenols is 1. The van der Waals surface area contributed by atoms with Crippen molar-refractivity contribution in [2.24, 2.45) is 0 Å². The largest absolute Gasteiger partial charge is 0.508 e. The van der Waals surface area contributed by atoms with Gasteiger partial charge in [0.05, 0.1) is 0 Å². The molecule has 2 rings (SSSR count). The van der Waals surface area contributed by atoms with Gasteiger partial charge in [0.25, 0.3) is 0 Å². The molecule has 2 aromatic rings. The van der Waals surface area contributed by atoms with Gasteiger partial charge in [-0.1, -0.05) is 22.9 Å². The molecule has 0 fully saturated rings. The van der Waals surface area contributed by atoms with Gasteiger partial charge in [-0.2, -0.15) is 12.1 Å². The van der Waals surface area contributed by atoms with Gasteiger partial charge in [0.15, 0.2) is 0 Å². The van der Waals surface area contributed by atoms with Gasteiger partial charge in [0.2, 0.25) is 5.56 Å². The predicted octanol–water partition coefficient (Wildman–Crippen LogP) is 3.30. The van der Waals surface area contributed by atoms with Crippen LogP contribution in [0.3, 0.4) is 0 Å². The predicted molar refractivity (Wildman–Crippen MR) is 80.0 cm³/mol. The van der Waals surface area contributed by atoms with Crippen molar-refractivity contribution >= 4 is 34.2 Å². The zero-order valence-corrected chi connectivity index (χ0v) is 15.9. The van der Waals surface area contributed by atoms with Crippen LogP contribution in [0.25, 0.3) is 11.3 Å². The number of phenolic OH excluding ortho intramolecular Hbond substituents is 1. The summed E-state index contributed by atoms with van der Waals surface area (Å²) >= 11 is 8.07. The molecule has 0 atom stereocenters. The van der Waals surface area contributed by atoms with Crippen LogP contribution in [-0.2, 0) is 39.3 Å². The van der Waals surface area contributed by atoms with Crippen molar-refractivity contribution in [3.05, 3.63) is 49.3 Å². The molecule has 0 saturated heterocycles. The molecule has 1 aromatic heterocycles. The third kappa shape index (κ3) is 3.60. The number of hydrogen-bond donors (Lipinski definition) is 1. The van der Waals surface area contributed by atoms with Gasteiger partial charge in [-0.05, 0) is 27.6 Å². The number of nitrogens with zero attached hydrogens (tertiary/aromatic N) is 1. The summed E-state index contributed by atoms with van der Waals surface area (Å²) in [7, 11) is 0. The number of benzene rings is 1. The van der Waals surface area contributed by atoms with Crippen LogP contribution in [0, 0.1) is 9.64 Å². The minimum absolute atomic E-state index is 0. The van der Waals surface area contributed by atoms with Gasteiger partial charge < -0.3 is 9.67 Å². The van der Waals surface area contributed by atoms with Gasteiger partial charge in [0.1, 0.15) is 5.75 Å². The van der Waals surface area contributed by atoms with E-state index in [1.54, 1.807) is 16.7 Å². The molecule has 1 aromatic carbocycles. The van der Waals surface area contributed by atoms with Crippen molar-refractivity contribution in [2.45, 2.75) is 13.5 Å². The van der Waals surface area contributed by atoms with E-state index in [4.69, 9.17) is 11.6 Å². The first-order valence-electron chi connectivity index (χ1n) is 5.34. The summed E-state index contributed by atoms with van der Waals surface area (Å²) in [4.78, 5) is 12.0. The molecule has 1 heterocycles. The summed E-state index contributed by atoms with van der Waals surface area (Å²) in [5, 5.41) is 9.74. The first kappa shape index (κ1) is 17.1. The van der Waals surface area contributed by atoms with Gasteiger partial charge in [-0.25, -0.2) is 0 Å². The Morgan fingerprint density at radius 3 is 2.74 bits per heavy atom. The Hall–Kier alpha value is 0.0939. The van der Waals surface area contributed by atoms with E-state index in [0.29, 0.717) is 26.4 Å². The van der Waals surface area contributed by atoms with E-state index >= 15 is 0 Å². The van der Waals surface area contributed by atoms with Crippen molar-refractivity contribution < 1.29 is 37.8 Å². The minimum atomic E-state index is -0.0593. The topological polar surface area (TPSA) is 42.2 Å². The maximum absolute atomic E-state index is 12.0. The molecule has 19 heavy (non-hydrogen) atoms. The standard InChI is InChI=1S/C13H10ClINO2.Y/c1-2-16-12(6-5-11(15)13(16)18)9-4-3-8(17)7-10(9)14;/h3-5,7,17H,2H2,1H3;/q-1;. The average Bonchev–Trinajstić information content (AvgIpc) is 2.33. The van der Waals surface area contributed by atoms with Crippen LogP contribution in [0.15, 0.2) is 29.1 Å². The van der Waals surface area contributed by atoms with E-state index in [2.05, 4.69) is 6.07 Å². The van der Waals surface area contributed by atoms with Crippen LogP contribution in [0.5, 0.6) is 5.75 Å². The molecule has 1 N–H and O–H groups in total. The Balaban J connectivity index is 0.00000180. The Bertz CT molecular complexity index is 658. The van der Waals surface area contributed by atoms with Crippen LogP contribution >= 0.6 is 34.2 Å². The number of halogens is 2. The first-order valence-corrected chi connectivity index (χ1v) is 6.80. The normalized spacial score (nSPS) is 10.1. The maximum Gasteiger partial charge on any atom is 0.207 e. The Morgan fingerprint density at radius 1 is 1.47 bits per heavy atom. The number of aromatic hydroxyl groups is 1. The second kappa shape index (κ2) is 7.20. The number of hydrogen-bond acceptors (Lipinski definition) is 2. The molecule has 0 saturated carbocycles. The van der Waals surface area contributed by atoms with Crippen LogP contribution < -0.4 is 5.56 Å². The van der Waals surface area contributed by atoms with Gasteiger partial charge in [0, 0.05) is 39.3 Å². The zero-order valence-electron chi connectivity index (χ0n) is 10.2. The summed E-state index contributed by atoms with van der Waals surface area (Å²) < 4.78 is 2.23. The second-order valence-electron chi connectivity index (χ2n) is 3.70. The molecule has 0 aliphatic rings. The van der Waals surface area contributed by atoms with Crippen LogP contribution in [0.2, 0.25) is 5.02 Å². The molecule has 0 amide bonds. The summed E-state index contributed by atoms with van der Waals surface area (Å²) in [6.07, 6.45) is 0. The Morgan fingerprint density at radius 2 is 2.16 bits per heavy atom. The molecule has 0 aliphatic carbocycles. The van der Waals surface area contributed by atoms with Crippen molar-refractivity contribution in [2.75, 3.05) is 0 Å². The summed E-state index contributed by atoms with van der Waals surface area (Å²) in [6.45, 7) is 2.43. The zero-order chi connectivity index (χ0) is 13.3. The van der Waals surface area contributed by atoms with Crippen molar-refractivity contribution in [3.8, 4) is 17.0 Å². The van der Waals surface area contributed by atoms with Gasteiger partial charge in [-0.3, -0.25) is 4.79 Å². The molecule has 97 valence electrons. The van der Waals surface area contributed by atoms with E-state index < -0.39 is 0 Å². The molecule has 1 radical (unpaired) electrons. The number of rotatable bonds is 2. The fraction of sp³-hybridized carbons (Fsp3) is 0.154. The van der Waals surface area contributed by atoms with E-state index in [0.717, 1.165) is 0 Å². The molecule has 3 nitrogen and oxygen atoms in total. The molecule has 0 bridgehead atoms. The second-order valence-corrected chi connectivity index (χ2v) is 5.27. The van der Waals surface area contributed by atoms with E-state index in [1.807, 2.05) is 29.5 Å². The smallest absolute Gasteiger partial charge is 0.207 e. The maximum atomic E-state index is 12.0. The van der Waals surface area contributed by atoms with Crippen molar-refractivity contribution in [1.82, 2.24) is 4.57 Å². The van der Waals surface area contributed by atoms with E-state index in [-0.39, 0.29) is 44.0 Å². The molecule has 0 spiro atoms. The number of aromatic nitrogens is 1. The summed E-state index contributed by atoms with van der Waals surface area (Å²) in [5.74, 6) is 0.0969. The fourth-order valence-corrected chi connectivity index (χ4v) is 2.43. The Labute approximate surface area is 155 Å². The molecule has 0 aliphatic heterocycles. The fourth-order valence-electron chi connectivity index (χ4n) is 1.72. The summed E-state index contributed by atoms with van der Waals surface area (Å²) in [5.41, 5.74) is 1.26. The molecule has 6 heteroatoms. The summed E-state index contributed by atoms with van der Waals surface area (Å²) in [6, 6.07) is 9.38. The quantitative estimate of drug-likeness (QED) is 0.549. The molecular formula is C13H10ClINO2Y-. The van der Waals surface area contributed by atoms with Crippen molar-refractivity contribution in [3.63, 3.8) is 0 Å². The van der Waals surface area contributed by atoms with Crippen LogP contribution in [-0.4, -0.2) is 9.67 Å². The van der Waals surface area contributed by atoms with E-state index in [1.165, 1.54) is 12.1 Å². The third-order valence-electron chi connectivity index (χ3n) is 2.58. The van der Waals surface area contributed by atoms with Gasteiger partial charge >= 0.3 is 0 Å². The van der Waals surface area contributed by atoms with Crippen LogP contribution in [0.4, 0.5) is 0 Å². The number of pyridine rings is 1. The van der Waals surface area contributed by atoms with Crippen LogP contribution in [0.1, 0.15) is 6.92 Å². The van der Waals surface area contributed by atoms with Crippen molar-refractivity contribution in [1.29, 1.82) is 0 Å². The monoisotopic (exact) mass is 463 g/mol. The Kier molecular flexibility index (Phi) is 6.50.